The van der Waals surface area contributed by atoms with Gasteiger partial charge in [-0.25, -0.2) is 9.97 Å². The van der Waals surface area contributed by atoms with E-state index in [1.807, 2.05) is 0 Å². The van der Waals surface area contributed by atoms with Crippen LogP contribution in [-0.4, -0.2) is 23.1 Å². The predicted molar refractivity (Wildman–Crippen MR) is 77.3 cm³/mol. The highest BCUT2D eigenvalue weighted by atomic mass is 35.5. The number of halogens is 1. The summed E-state index contributed by atoms with van der Waals surface area (Å²) < 4.78 is 5.04. The number of nitrogens with two attached hydrogens (primary N) is 1. The van der Waals surface area contributed by atoms with E-state index in [1.54, 1.807) is 7.11 Å². The second kappa shape index (κ2) is 6.91. The SMILES string of the molecule is COCc1nc(Cl)c(N)c(NC2CCCCCC2)n1. The molecule has 1 aromatic heterocycles. The van der Waals surface area contributed by atoms with Gasteiger partial charge in [0, 0.05) is 13.2 Å². The van der Waals surface area contributed by atoms with E-state index in [-0.39, 0.29) is 5.15 Å². The lowest BCUT2D eigenvalue weighted by molar-refractivity contribution is 0.178. The van der Waals surface area contributed by atoms with Crippen LogP contribution in [0.4, 0.5) is 11.5 Å². The van der Waals surface area contributed by atoms with E-state index in [9.17, 15) is 0 Å². The number of rotatable bonds is 4. The van der Waals surface area contributed by atoms with Gasteiger partial charge in [0.05, 0.1) is 0 Å². The van der Waals surface area contributed by atoms with Gasteiger partial charge in [-0.15, -0.1) is 0 Å². The molecule has 0 aromatic carbocycles. The van der Waals surface area contributed by atoms with E-state index in [0.29, 0.717) is 30.0 Å². The largest absolute Gasteiger partial charge is 0.393 e. The number of hydrogen-bond donors (Lipinski definition) is 2. The molecule has 0 amide bonds. The highest BCUT2D eigenvalue weighted by molar-refractivity contribution is 6.32. The minimum absolute atomic E-state index is 0.290. The molecule has 2 rings (SSSR count). The number of nitrogens with zero attached hydrogens (tertiary/aromatic N) is 2. The van der Waals surface area contributed by atoms with Gasteiger partial charge in [-0.3, -0.25) is 0 Å². The summed E-state index contributed by atoms with van der Waals surface area (Å²) in [6.07, 6.45) is 7.43. The lowest BCUT2D eigenvalue weighted by atomic mass is 10.1. The molecule has 6 heteroatoms. The van der Waals surface area contributed by atoms with E-state index in [2.05, 4.69) is 15.3 Å². The van der Waals surface area contributed by atoms with Crippen molar-refractivity contribution < 1.29 is 4.74 Å². The molecule has 5 nitrogen and oxygen atoms in total. The Labute approximate surface area is 118 Å². The van der Waals surface area contributed by atoms with Crippen molar-refractivity contribution in [3.63, 3.8) is 0 Å². The number of aromatic nitrogens is 2. The average Bonchev–Trinajstić information content (AvgIpc) is 2.64. The summed E-state index contributed by atoms with van der Waals surface area (Å²) in [4.78, 5) is 8.49. The van der Waals surface area contributed by atoms with Gasteiger partial charge in [-0.2, -0.15) is 0 Å². The van der Waals surface area contributed by atoms with Crippen molar-refractivity contribution in [2.45, 2.75) is 51.2 Å². The van der Waals surface area contributed by atoms with Crippen molar-refractivity contribution in [1.29, 1.82) is 0 Å². The van der Waals surface area contributed by atoms with Crippen LogP contribution >= 0.6 is 11.6 Å². The molecule has 1 aliphatic carbocycles. The van der Waals surface area contributed by atoms with Gasteiger partial charge in [0.15, 0.2) is 16.8 Å². The molecule has 19 heavy (non-hydrogen) atoms. The van der Waals surface area contributed by atoms with Crippen molar-refractivity contribution in [3.05, 3.63) is 11.0 Å². The second-order valence-corrected chi connectivity index (χ2v) is 5.32. The monoisotopic (exact) mass is 284 g/mol. The molecule has 0 saturated heterocycles. The van der Waals surface area contributed by atoms with Crippen LogP contribution < -0.4 is 11.1 Å². The molecule has 1 aromatic rings. The maximum absolute atomic E-state index is 6.03. The fourth-order valence-electron chi connectivity index (χ4n) is 2.41. The Hall–Kier alpha value is -1.07. The smallest absolute Gasteiger partial charge is 0.158 e. The van der Waals surface area contributed by atoms with E-state index >= 15 is 0 Å². The fourth-order valence-corrected chi connectivity index (χ4v) is 2.59. The number of nitrogens with one attached hydrogen (secondary N) is 1. The normalized spacial score (nSPS) is 17.2. The summed E-state index contributed by atoms with van der Waals surface area (Å²) in [5, 5.41) is 3.70. The quantitative estimate of drug-likeness (QED) is 0.657. The second-order valence-electron chi connectivity index (χ2n) is 4.96. The third kappa shape index (κ3) is 3.94. The van der Waals surface area contributed by atoms with E-state index in [1.165, 1.54) is 25.7 Å². The molecule has 3 N–H and O–H groups in total. The molecule has 1 fully saturated rings. The van der Waals surface area contributed by atoms with E-state index < -0.39 is 0 Å². The third-order valence-corrected chi connectivity index (χ3v) is 3.70. The Balaban J connectivity index is 2.13. The number of ether oxygens (including phenoxy) is 1. The minimum atomic E-state index is 0.290. The summed E-state index contributed by atoms with van der Waals surface area (Å²) in [5.74, 6) is 1.19. The fraction of sp³-hybridized carbons (Fsp3) is 0.692. The first-order valence-electron chi connectivity index (χ1n) is 6.78. The lowest BCUT2D eigenvalue weighted by Gasteiger charge is -2.18. The molecular formula is C13H21ClN4O. The Morgan fingerprint density at radius 2 is 1.95 bits per heavy atom. The van der Waals surface area contributed by atoms with E-state index in [4.69, 9.17) is 22.1 Å². The van der Waals surface area contributed by atoms with E-state index in [0.717, 1.165) is 12.8 Å². The lowest BCUT2D eigenvalue weighted by Crippen LogP contribution is -2.21. The van der Waals surface area contributed by atoms with Gasteiger partial charge >= 0.3 is 0 Å². The molecule has 0 bridgehead atoms. The minimum Gasteiger partial charge on any atom is -0.393 e. The Bertz CT molecular complexity index is 419. The molecule has 1 saturated carbocycles. The van der Waals surface area contributed by atoms with Gasteiger partial charge in [-0.05, 0) is 12.8 Å². The predicted octanol–water partition coefficient (Wildman–Crippen LogP) is 2.99. The Kier molecular flexibility index (Phi) is 5.22. The molecule has 1 heterocycles. The van der Waals surface area contributed by atoms with Crippen LogP contribution in [0.5, 0.6) is 0 Å². The molecule has 1 aliphatic rings. The Morgan fingerprint density at radius 3 is 2.58 bits per heavy atom. The zero-order valence-electron chi connectivity index (χ0n) is 11.3. The van der Waals surface area contributed by atoms with Gasteiger partial charge < -0.3 is 15.8 Å². The summed E-state index contributed by atoms with van der Waals surface area (Å²) in [7, 11) is 1.60. The van der Waals surface area contributed by atoms with Crippen LogP contribution in [0.2, 0.25) is 5.15 Å². The van der Waals surface area contributed by atoms with Crippen LogP contribution in [0, 0.1) is 0 Å². The molecule has 0 atom stereocenters. The van der Waals surface area contributed by atoms with Crippen molar-refractivity contribution in [3.8, 4) is 0 Å². The maximum atomic E-state index is 6.03. The van der Waals surface area contributed by atoms with Crippen molar-refractivity contribution in [1.82, 2.24) is 9.97 Å². The number of anilines is 2. The average molecular weight is 285 g/mol. The highest BCUT2D eigenvalue weighted by Gasteiger charge is 2.16. The number of nitrogen functional groups attached to an aromatic ring is 1. The van der Waals surface area contributed by atoms with Crippen molar-refractivity contribution in [2.24, 2.45) is 0 Å². The highest BCUT2D eigenvalue weighted by Crippen LogP contribution is 2.27. The zero-order chi connectivity index (χ0) is 13.7. The molecule has 0 radical (unpaired) electrons. The summed E-state index contributed by atoms with van der Waals surface area (Å²) in [6.45, 7) is 0.333. The molecular weight excluding hydrogens is 264 g/mol. The summed E-state index contributed by atoms with van der Waals surface area (Å²) in [6, 6.07) is 0.422. The van der Waals surface area contributed by atoms with Crippen molar-refractivity contribution in [2.75, 3.05) is 18.2 Å². The first-order chi connectivity index (χ1) is 9.20. The first-order valence-corrected chi connectivity index (χ1v) is 7.16. The number of methoxy groups -OCH3 is 1. The Morgan fingerprint density at radius 1 is 1.26 bits per heavy atom. The number of hydrogen-bond acceptors (Lipinski definition) is 5. The van der Waals surface area contributed by atoms with Gasteiger partial charge in [0.2, 0.25) is 0 Å². The van der Waals surface area contributed by atoms with Crippen LogP contribution in [0.15, 0.2) is 0 Å². The van der Waals surface area contributed by atoms with Crippen LogP contribution in [0.3, 0.4) is 0 Å². The third-order valence-electron chi connectivity index (χ3n) is 3.41. The van der Waals surface area contributed by atoms with Crippen molar-refractivity contribution >= 4 is 23.1 Å². The molecule has 0 unspecified atom stereocenters. The summed E-state index contributed by atoms with van der Waals surface area (Å²) in [5.41, 5.74) is 6.37. The molecule has 106 valence electrons. The van der Waals surface area contributed by atoms with Gasteiger partial charge in [0.1, 0.15) is 12.3 Å². The first kappa shape index (κ1) is 14.3. The zero-order valence-corrected chi connectivity index (χ0v) is 12.0. The standard InChI is InChI=1S/C13H21ClN4O/c1-19-8-10-17-12(14)11(15)13(18-10)16-9-6-4-2-3-5-7-9/h9H,2-8,15H2,1H3,(H,16,17,18). The maximum Gasteiger partial charge on any atom is 0.158 e. The molecule has 0 aliphatic heterocycles. The van der Waals surface area contributed by atoms with Gasteiger partial charge in [-0.1, -0.05) is 37.3 Å². The van der Waals surface area contributed by atoms with Gasteiger partial charge in [0.25, 0.3) is 0 Å². The van der Waals surface area contributed by atoms with Crippen LogP contribution in [0.25, 0.3) is 0 Å². The summed E-state index contributed by atoms with van der Waals surface area (Å²) >= 11 is 6.03. The molecule has 0 spiro atoms. The topological polar surface area (TPSA) is 73.1 Å². The van der Waals surface area contributed by atoms with Crippen LogP contribution in [-0.2, 0) is 11.3 Å². The van der Waals surface area contributed by atoms with Crippen LogP contribution in [0.1, 0.15) is 44.3 Å².